The molecule has 0 aliphatic carbocycles. The van der Waals surface area contributed by atoms with Crippen LogP contribution in [0.25, 0.3) is 0 Å². The Bertz CT molecular complexity index is 966. The fraction of sp³-hybridized carbons (Fsp3) is 0.440. The van der Waals surface area contributed by atoms with Gasteiger partial charge in [0, 0.05) is 43.9 Å². The Morgan fingerprint density at radius 2 is 1.84 bits per heavy atom. The third kappa shape index (κ3) is 5.11. The van der Waals surface area contributed by atoms with Crippen LogP contribution < -0.4 is 15.0 Å². The van der Waals surface area contributed by atoms with Crippen molar-refractivity contribution in [3.63, 3.8) is 0 Å². The van der Waals surface area contributed by atoms with E-state index >= 15 is 0 Å². The van der Waals surface area contributed by atoms with Gasteiger partial charge in [0.15, 0.2) is 0 Å². The fourth-order valence-corrected chi connectivity index (χ4v) is 4.52. The van der Waals surface area contributed by atoms with Gasteiger partial charge in [-0.05, 0) is 56.2 Å². The molecule has 2 aromatic rings. The molecule has 32 heavy (non-hydrogen) atoms. The van der Waals surface area contributed by atoms with Crippen LogP contribution in [0.2, 0.25) is 0 Å². The van der Waals surface area contributed by atoms with E-state index in [1.54, 1.807) is 30.2 Å². The van der Waals surface area contributed by atoms with E-state index in [2.05, 4.69) is 24.1 Å². The number of hydrogen-bond donors (Lipinski definition) is 1. The first-order valence-corrected chi connectivity index (χ1v) is 11.2. The number of carbonyl (C=O) groups excluding carboxylic acids is 2. The molecule has 0 aromatic heterocycles. The molecule has 2 aliphatic heterocycles. The Kier molecular flexibility index (Phi) is 6.77. The molecule has 0 spiro atoms. The molecule has 2 aliphatic rings. The molecule has 7 heteroatoms. The van der Waals surface area contributed by atoms with E-state index < -0.39 is 0 Å². The van der Waals surface area contributed by atoms with E-state index in [1.807, 2.05) is 24.3 Å². The first kappa shape index (κ1) is 22.3. The number of nitrogens with zero attached hydrogens (tertiary/aromatic N) is 2. The van der Waals surface area contributed by atoms with E-state index in [1.165, 1.54) is 5.56 Å². The summed E-state index contributed by atoms with van der Waals surface area (Å²) >= 11 is 0. The number of morpholine rings is 1. The summed E-state index contributed by atoms with van der Waals surface area (Å²) in [7, 11) is 1.58. The number of methoxy groups -OCH3 is 1. The Morgan fingerprint density at radius 1 is 1.12 bits per heavy atom. The standard InChI is InChI=1S/C25H31N3O4/c1-17-14-27(15-18(2)32-17)16-19-6-8-20(9-7-19)25(30)26-21-10-11-23(31-3)22(13-21)28-12-4-5-24(28)29/h6-11,13,17-18H,4-5,12,14-16H2,1-3H3,(H,26,30). The van der Waals surface area contributed by atoms with Crippen molar-refractivity contribution in [3.8, 4) is 5.75 Å². The summed E-state index contributed by atoms with van der Waals surface area (Å²) in [6.45, 7) is 7.51. The zero-order chi connectivity index (χ0) is 22.7. The average molecular weight is 438 g/mol. The normalized spacial score (nSPS) is 21.6. The summed E-state index contributed by atoms with van der Waals surface area (Å²) in [5, 5.41) is 2.94. The van der Waals surface area contributed by atoms with Gasteiger partial charge in [-0.2, -0.15) is 0 Å². The van der Waals surface area contributed by atoms with Crippen LogP contribution in [-0.4, -0.2) is 55.7 Å². The van der Waals surface area contributed by atoms with Crippen molar-refractivity contribution in [2.24, 2.45) is 0 Å². The predicted molar refractivity (Wildman–Crippen MR) is 124 cm³/mol. The van der Waals surface area contributed by atoms with Crippen molar-refractivity contribution >= 4 is 23.2 Å². The van der Waals surface area contributed by atoms with Crippen LogP contribution >= 0.6 is 0 Å². The lowest BCUT2D eigenvalue weighted by atomic mass is 10.1. The van der Waals surface area contributed by atoms with Crippen LogP contribution in [0.1, 0.15) is 42.6 Å². The molecular formula is C25H31N3O4. The van der Waals surface area contributed by atoms with Gasteiger partial charge in [0.05, 0.1) is 25.0 Å². The van der Waals surface area contributed by atoms with Crippen LogP contribution in [0.3, 0.4) is 0 Å². The molecule has 7 nitrogen and oxygen atoms in total. The van der Waals surface area contributed by atoms with Gasteiger partial charge < -0.3 is 19.7 Å². The minimum atomic E-state index is -0.186. The highest BCUT2D eigenvalue weighted by atomic mass is 16.5. The number of hydrogen-bond acceptors (Lipinski definition) is 5. The molecule has 2 fully saturated rings. The first-order valence-electron chi connectivity index (χ1n) is 11.2. The van der Waals surface area contributed by atoms with E-state index in [0.717, 1.165) is 26.1 Å². The molecular weight excluding hydrogens is 406 g/mol. The van der Waals surface area contributed by atoms with Crippen LogP contribution in [0.4, 0.5) is 11.4 Å². The van der Waals surface area contributed by atoms with Gasteiger partial charge in [0.25, 0.3) is 5.91 Å². The minimum absolute atomic E-state index is 0.0754. The van der Waals surface area contributed by atoms with Gasteiger partial charge in [0.1, 0.15) is 5.75 Å². The van der Waals surface area contributed by atoms with Crippen molar-refractivity contribution in [2.45, 2.75) is 45.4 Å². The molecule has 1 N–H and O–H groups in total. The topological polar surface area (TPSA) is 71.1 Å². The van der Waals surface area contributed by atoms with E-state index in [9.17, 15) is 9.59 Å². The number of ether oxygens (including phenoxy) is 2. The van der Waals surface area contributed by atoms with Crippen LogP contribution in [-0.2, 0) is 16.1 Å². The van der Waals surface area contributed by atoms with Gasteiger partial charge in [-0.3, -0.25) is 14.5 Å². The van der Waals surface area contributed by atoms with Gasteiger partial charge >= 0.3 is 0 Å². The number of anilines is 2. The smallest absolute Gasteiger partial charge is 0.255 e. The van der Waals surface area contributed by atoms with Gasteiger partial charge in [-0.1, -0.05) is 12.1 Å². The highest BCUT2D eigenvalue weighted by Gasteiger charge is 2.25. The molecule has 0 saturated carbocycles. The molecule has 0 radical (unpaired) electrons. The zero-order valence-electron chi connectivity index (χ0n) is 19.0. The monoisotopic (exact) mass is 437 g/mol. The highest BCUT2D eigenvalue weighted by molar-refractivity contribution is 6.05. The lowest BCUT2D eigenvalue weighted by Gasteiger charge is -2.35. The SMILES string of the molecule is COc1ccc(NC(=O)c2ccc(CN3CC(C)OC(C)C3)cc2)cc1N1CCCC1=O. The van der Waals surface area contributed by atoms with Gasteiger partial charge in [-0.25, -0.2) is 0 Å². The fourth-order valence-electron chi connectivity index (χ4n) is 4.52. The van der Waals surface area contributed by atoms with Crippen molar-refractivity contribution in [1.29, 1.82) is 0 Å². The quantitative estimate of drug-likeness (QED) is 0.747. The summed E-state index contributed by atoms with van der Waals surface area (Å²) < 4.78 is 11.2. The van der Waals surface area contributed by atoms with Crippen molar-refractivity contribution in [2.75, 3.05) is 37.0 Å². The number of nitrogens with one attached hydrogen (secondary N) is 1. The summed E-state index contributed by atoms with van der Waals surface area (Å²) in [6, 6.07) is 13.1. The summed E-state index contributed by atoms with van der Waals surface area (Å²) in [4.78, 5) is 29.1. The molecule has 170 valence electrons. The second-order valence-corrected chi connectivity index (χ2v) is 8.64. The molecule has 4 rings (SSSR count). The van der Waals surface area contributed by atoms with Crippen molar-refractivity contribution in [1.82, 2.24) is 4.90 Å². The second kappa shape index (κ2) is 9.71. The van der Waals surface area contributed by atoms with Crippen LogP contribution in [0.15, 0.2) is 42.5 Å². The van der Waals surface area contributed by atoms with E-state index in [4.69, 9.17) is 9.47 Å². The molecule has 2 saturated heterocycles. The second-order valence-electron chi connectivity index (χ2n) is 8.64. The summed E-state index contributed by atoms with van der Waals surface area (Å²) in [6.07, 6.45) is 1.82. The first-order chi connectivity index (χ1) is 15.4. The number of amides is 2. The molecule has 2 aromatic carbocycles. The molecule has 2 amide bonds. The lowest BCUT2D eigenvalue weighted by molar-refractivity contribution is -0.117. The molecule has 2 unspecified atom stereocenters. The lowest BCUT2D eigenvalue weighted by Crippen LogP contribution is -2.44. The summed E-state index contributed by atoms with van der Waals surface area (Å²) in [5.74, 6) is 0.509. The Balaban J connectivity index is 1.42. The van der Waals surface area contributed by atoms with E-state index in [-0.39, 0.29) is 24.0 Å². The Hall–Kier alpha value is -2.90. The Labute approximate surface area is 189 Å². The maximum absolute atomic E-state index is 12.8. The number of benzene rings is 2. The highest BCUT2D eigenvalue weighted by Crippen LogP contribution is 2.34. The predicted octanol–water partition coefficient (Wildman–Crippen LogP) is 3.68. The molecule has 0 bridgehead atoms. The van der Waals surface area contributed by atoms with Crippen molar-refractivity contribution < 1.29 is 19.1 Å². The third-order valence-electron chi connectivity index (χ3n) is 5.92. The molecule has 2 heterocycles. The number of rotatable bonds is 6. The largest absolute Gasteiger partial charge is 0.495 e. The maximum atomic E-state index is 12.8. The van der Waals surface area contributed by atoms with Crippen LogP contribution in [0, 0.1) is 0 Å². The van der Waals surface area contributed by atoms with Gasteiger partial charge in [-0.15, -0.1) is 0 Å². The third-order valence-corrected chi connectivity index (χ3v) is 5.92. The maximum Gasteiger partial charge on any atom is 0.255 e. The zero-order valence-corrected chi connectivity index (χ0v) is 19.0. The minimum Gasteiger partial charge on any atom is -0.495 e. The van der Waals surface area contributed by atoms with Crippen molar-refractivity contribution in [3.05, 3.63) is 53.6 Å². The average Bonchev–Trinajstić information content (AvgIpc) is 3.19. The molecule has 2 atom stereocenters. The van der Waals surface area contributed by atoms with Gasteiger partial charge in [0.2, 0.25) is 5.91 Å². The number of carbonyl (C=O) groups is 2. The van der Waals surface area contributed by atoms with Crippen LogP contribution in [0.5, 0.6) is 5.75 Å². The van der Waals surface area contributed by atoms with E-state index in [0.29, 0.717) is 35.7 Å². The Morgan fingerprint density at radius 3 is 2.47 bits per heavy atom. The summed E-state index contributed by atoms with van der Waals surface area (Å²) in [5.41, 5.74) is 3.08.